The minimum atomic E-state index is -1.16. The van der Waals surface area contributed by atoms with E-state index in [1.807, 2.05) is 23.8 Å². The molecule has 2 aliphatic rings. The molecule has 3 rings (SSSR count). The number of esters is 1. The highest BCUT2D eigenvalue weighted by atomic mass is 32.2. The third-order valence-electron chi connectivity index (χ3n) is 5.16. The van der Waals surface area contributed by atoms with Gasteiger partial charge in [0.05, 0.1) is 25.0 Å². The van der Waals surface area contributed by atoms with E-state index in [2.05, 4.69) is 5.32 Å². The molecular weight excluding hydrogens is 360 g/mol. The summed E-state index contributed by atoms with van der Waals surface area (Å²) in [5, 5.41) is 5.29. The minimum Gasteiger partial charge on any atom is -0.468 e. The van der Waals surface area contributed by atoms with E-state index in [9.17, 15) is 14.4 Å². The molecule has 136 valence electrons. The molecule has 0 bridgehead atoms. The number of amides is 2. The Balaban J connectivity index is 2.11. The number of ether oxygens (including phenoxy) is 1. The van der Waals surface area contributed by atoms with E-state index in [4.69, 9.17) is 4.74 Å². The molecule has 4 atom stereocenters. The van der Waals surface area contributed by atoms with Crippen LogP contribution in [0.25, 0.3) is 0 Å². The third-order valence-corrected chi connectivity index (χ3v) is 6.73. The van der Waals surface area contributed by atoms with Crippen molar-refractivity contribution in [1.29, 1.82) is 0 Å². The number of hydrogen-bond donors (Lipinski definition) is 1. The van der Waals surface area contributed by atoms with Crippen molar-refractivity contribution in [3.05, 3.63) is 22.4 Å². The molecule has 1 aromatic heterocycles. The van der Waals surface area contributed by atoms with Gasteiger partial charge in [-0.1, -0.05) is 6.07 Å². The van der Waals surface area contributed by atoms with Crippen molar-refractivity contribution in [2.24, 2.45) is 11.8 Å². The van der Waals surface area contributed by atoms with Gasteiger partial charge in [0.1, 0.15) is 5.54 Å². The van der Waals surface area contributed by atoms with E-state index >= 15 is 0 Å². The molecule has 2 aliphatic heterocycles. The lowest BCUT2D eigenvalue weighted by atomic mass is 9.78. The number of hydrogen-bond acceptors (Lipinski definition) is 7. The lowest BCUT2D eigenvalue weighted by Gasteiger charge is -2.32. The van der Waals surface area contributed by atoms with Gasteiger partial charge in [0.25, 0.3) is 0 Å². The van der Waals surface area contributed by atoms with Gasteiger partial charge in [0.15, 0.2) is 0 Å². The van der Waals surface area contributed by atoms with Crippen molar-refractivity contribution >= 4 is 40.9 Å². The quantitative estimate of drug-likeness (QED) is 0.596. The third kappa shape index (κ3) is 2.71. The second-order valence-electron chi connectivity index (χ2n) is 6.27. The van der Waals surface area contributed by atoms with E-state index in [-0.39, 0.29) is 17.9 Å². The first-order chi connectivity index (χ1) is 12.0. The first kappa shape index (κ1) is 18.4. The number of rotatable bonds is 6. The average Bonchev–Trinajstić information content (AvgIpc) is 3.30. The molecule has 2 fully saturated rings. The zero-order valence-corrected chi connectivity index (χ0v) is 16.1. The zero-order chi connectivity index (χ0) is 18.2. The maximum atomic E-state index is 13.0. The van der Waals surface area contributed by atoms with Gasteiger partial charge in [-0.25, -0.2) is 0 Å². The number of carbonyl (C=O) groups excluding carboxylic acids is 3. The van der Waals surface area contributed by atoms with Crippen molar-refractivity contribution < 1.29 is 19.1 Å². The fourth-order valence-corrected chi connectivity index (χ4v) is 5.40. The molecule has 0 aromatic carbocycles. The first-order valence-corrected chi connectivity index (χ1v) is 10.5. The molecule has 6 nitrogen and oxygen atoms in total. The molecular formula is C17H22N2O4S2. The van der Waals surface area contributed by atoms with Crippen LogP contribution in [0.5, 0.6) is 0 Å². The maximum absolute atomic E-state index is 13.0. The summed E-state index contributed by atoms with van der Waals surface area (Å²) in [4.78, 5) is 40.9. The van der Waals surface area contributed by atoms with Crippen LogP contribution in [0.2, 0.25) is 0 Å². The number of thiophene rings is 1. The summed E-state index contributed by atoms with van der Waals surface area (Å²) >= 11 is 3.12. The van der Waals surface area contributed by atoms with Crippen LogP contribution < -0.4 is 5.32 Å². The second kappa shape index (κ2) is 7.09. The van der Waals surface area contributed by atoms with Gasteiger partial charge in [-0.3, -0.25) is 24.6 Å². The molecule has 0 unspecified atom stereocenters. The summed E-state index contributed by atoms with van der Waals surface area (Å²) in [6, 6.07) is 3.50. The summed E-state index contributed by atoms with van der Waals surface area (Å²) in [7, 11) is 1.33. The average molecular weight is 383 g/mol. The molecule has 1 aromatic rings. The number of fused-ring (bicyclic) bond motifs is 1. The number of likely N-dealkylation sites (tertiary alicyclic amines) is 1. The van der Waals surface area contributed by atoms with Crippen molar-refractivity contribution in [2.75, 3.05) is 25.7 Å². The Hall–Kier alpha value is -1.38. The summed E-state index contributed by atoms with van der Waals surface area (Å²) < 4.78 is 5.07. The molecule has 3 heterocycles. The second-order valence-corrected chi connectivity index (χ2v) is 8.23. The molecule has 0 saturated carbocycles. The van der Waals surface area contributed by atoms with Crippen LogP contribution in [-0.2, 0) is 19.1 Å². The number of imide groups is 1. The summed E-state index contributed by atoms with van der Waals surface area (Å²) in [5.74, 6) is -1.52. The number of thioether (sulfide) groups is 1. The Labute approximate surface area is 155 Å². The fraction of sp³-hybridized carbons (Fsp3) is 0.588. The predicted molar refractivity (Wildman–Crippen MR) is 97.3 cm³/mol. The summed E-state index contributed by atoms with van der Waals surface area (Å²) in [5.41, 5.74) is -1.16. The molecule has 0 aliphatic carbocycles. The number of methoxy groups -OCH3 is 1. The van der Waals surface area contributed by atoms with E-state index in [0.717, 1.165) is 4.88 Å². The Morgan fingerprint density at radius 1 is 1.44 bits per heavy atom. The van der Waals surface area contributed by atoms with Crippen molar-refractivity contribution in [3.8, 4) is 0 Å². The van der Waals surface area contributed by atoms with Crippen molar-refractivity contribution in [1.82, 2.24) is 10.2 Å². The standard InChI is InChI=1S/C17H22N2O4S2/c1-4-19-14(20)11-12(15(19)21)17(7-9-24-3,16(22)23-2)18-13(11)10-6-5-8-25-10/h5-6,8,11-13,18H,4,7,9H2,1-3H3/t11-,12+,13+,17-/m1/s1. The molecule has 0 radical (unpaired) electrons. The highest BCUT2D eigenvalue weighted by molar-refractivity contribution is 7.98. The number of nitrogens with one attached hydrogen (secondary N) is 1. The van der Waals surface area contributed by atoms with E-state index in [1.165, 1.54) is 23.3 Å². The van der Waals surface area contributed by atoms with Crippen molar-refractivity contribution in [3.63, 3.8) is 0 Å². The smallest absolute Gasteiger partial charge is 0.326 e. The lowest BCUT2D eigenvalue weighted by molar-refractivity contribution is -0.154. The zero-order valence-electron chi connectivity index (χ0n) is 14.5. The van der Waals surface area contributed by atoms with E-state index in [0.29, 0.717) is 18.7 Å². The van der Waals surface area contributed by atoms with Crippen LogP contribution in [0.15, 0.2) is 17.5 Å². The Morgan fingerprint density at radius 2 is 2.20 bits per heavy atom. The van der Waals surface area contributed by atoms with Crippen LogP contribution in [-0.4, -0.2) is 53.9 Å². The Morgan fingerprint density at radius 3 is 2.76 bits per heavy atom. The SMILES string of the molecule is CCN1C(=O)[C@@H]2[C@@H](C1=O)[C@](CCSC)(C(=O)OC)N[C@H]2c1cccs1. The molecule has 25 heavy (non-hydrogen) atoms. The van der Waals surface area contributed by atoms with Gasteiger partial charge in [-0.2, -0.15) is 11.8 Å². The van der Waals surface area contributed by atoms with E-state index in [1.54, 1.807) is 18.7 Å². The molecule has 2 saturated heterocycles. The van der Waals surface area contributed by atoms with Gasteiger partial charge in [-0.05, 0) is 36.8 Å². The molecule has 2 amide bonds. The van der Waals surface area contributed by atoms with Crippen LogP contribution in [0, 0.1) is 11.8 Å². The summed E-state index contributed by atoms with van der Waals surface area (Å²) in [6.07, 6.45) is 2.40. The molecule has 0 spiro atoms. The van der Waals surface area contributed by atoms with Crippen LogP contribution in [0.1, 0.15) is 24.3 Å². The number of nitrogens with zero attached hydrogens (tertiary/aromatic N) is 1. The topological polar surface area (TPSA) is 75.7 Å². The maximum Gasteiger partial charge on any atom is 0.326 e. The normalized spacial score (nSPS) is 31.5. The predicted octanol–water partition coefficient (Wildman–Crippen LogP) is 1.68. The Kier molecular flexibility index (Phi) is 5.22. The highest BCUT2D eigenvalue weighted by Crippen LogP contribution is 2.51. The van der Waals surface area contributed by atoms with Gasteiger partial charge in [0.2, 0.25) is 11.8 Å². The van der Waals surface area contributed by atoms with E-state index < -0.39 is 23.3 Å². The summed E-state index contributed by atoms with van der Waals surface area (Å²) in [6.45, 7) is 2.10. The van der Waals surface area contributed by atoms with Gasteiger partial charge in [0, 0.05) is 11.4 Å². The molecule has 8 heteroatoms. The van der Waals surface area contributed by atoms with Gasteiger partial charge >= 0.3 is 5.97 Å². The lowest BCUT2D eigenvalue weighted by Crippen LogP contribution is -2.56. The van der Waals surface area contributed by atoms with Crippen molar-refractivity contribution in [2.45, 2.75) is 24.9 Å². The van der Waals surface area contributed by atoms with Crippen LogP contribution >= 0.6 is 23.1 Å². The number of carbonyl (C=O) groups is 3. The van der Waals surface area contributed by atoms with Gasteiger partial charge in [-0.15, -0.1) is 11.3 Å². The Bertz CT molecular complexity index is 678. The monoisotopic (exact) mass is 382 g/mol. The molecule has 1 N–H and O–H groups in total. The highest BCUT2D eigenvalue weighted by Gasteiger charge is 2.68. The fourth-order valence-electron chi connectivity index (χ4n) is 4.05. The van der Waals surface area contributed by atoms with Crippen LogP contribution in [0.3, 0.4) is 0 Å². The minimum absolute atomic E-state index is 0.196. The van der Waals surface area contributed by atoms with Crippen LogP contribution in [0.4, 0.5) is 0 Å². The van der Waals surface area contributed by atoms with Gasteiger partial charge < -0.3 is 4.74 Å². The largest absolute Gasteiger partial charge is 0.468 e. The first-order valence-electron chi connectivity index (χ1n) is 8.25.